The van der Waals surface area contributed by atoms with Crippen LogP contribution in [0.25, 0.3) is 0 Å². The van der Waals surface area contributed by atoms with E-state index in [9.17, 15) is 4.79 Å². The molecule has 1 aliphatic rings. The number of hydrogen-bond donors (Lipinski definition) is 2. The first-order valence-electron chi connectivity index (χ1n) is 6.09. The summed E-state index contributed by atoms with van der Waals surface area (Å²) in [5.74, 6) is 0.343. The Kier molecular flexibility index (Phi) is 8.62. The van der Waals surface area contributed by atoms with E-state index in [0.29, 0.717) is 5.92 Å². The maximum atomic E-state index is 11.9. The summed E-state index contributed by atoms with van der Waals surface area (Å²) < 4.78 is 4.89. The zero-order valence-corrected chi connectivity index (χ0v) is 13.9. The van der Waals surface area contributed by atoms with Crippen LogP contribution in [0.2, 0.25) is 0 Å². The number of amides is 1. The highest BCUT2D eigenvalue weighted by Gasteiger charge is 2.35. The van der Waals surface area contributed by atoms with Crippen LogP contribution in [0, 0.1) is 12.8 Å². The Balaban J connectivity index is 0.00000180. The number of aryl methyl sites for hydroxylation is 1. The molecule has 8 heteroatoms. The van der Waals surface area contributed by atoms with Gasteiger partial charge >= 0.3 is 0 Å². The minimum absolute atomic E-state index is 0. The standard InChI is InChI=1S/C12H19N3O2S.2ClH/c1-7-5-14-12(18-7)10(8-3-4-8)15-11(16)9(13)6-17-2;;/h5,8-10H,3-4,6,13H2,1-2H3,(H,15,16);2*1H. The average Bonchev–Trinajstić information content (AvgIpc) is 3.08. The van der Waals surface area contributed by atoms with Gasteiger partial charge in [0.05, 0.1) is 12.6 Å². The summed E-state index contributed by atoms with van der Waals surface area (Å²) in [7, 11) is 1.54. The first kappa shape index (κ1) is 19.6. The lowest BCUT2D eigenvalue weighted by Crippen LogP contribution is -2.45. The van der Waals surface area contributed by atoms with Crippen molar-refractivity contribution in [2.24, 2.45) is 11.7 Å². The summed E-state index contributed by atoms with van der Waals surface area (Å²) >= 11 is 1.63. The molecule has 1 heterocycles. The van der Waals surface area contributed by atoms with Gasteiger partial charge in [-0.1, -0.05) is 0 Å². The average molecular weight is 342 g/mol. The van der Waals surface area contributed by atoms with Gasteiger partial charge in [0.2, 0.25) is 5.91 Å². The molecule has 0 radical (unpaired) electrons. The Bertz CT molecular complexity index is 427. The van der Waals surface area contributed by atoms with Crippen LogP contribution in [0.4, 0.5) is 0 Å². The zero-order valence-electron chi connectivity index (χ0n) is 11.5. The lowest BCUT2D eigenvalue weighted by molar-refractivity contribution is -0.124. The molecule has 20 heavy (non-hydrogen) atoms. The lowest BCUT2D eigenvalue weighted by Gasteiger charge is -2.18. The fourth-order valence-corrected chi connectivity index (χ4v) is 2.76. The molecule has 0 saturated heterocycles. The van der Waals surface area contributed by atoms with E-state index >= 15 is 0 Å². The van der Waals surface area contributed by atoms with Crippen LogP contribution in [-0.2, 0) is 9.53 Å². The highest BCUT2D eigenvalue weighted by atomic mass is 35.5. The third-order valence-corrected chi connectivity index (χ3v) is 3.98. The van der Waals surface area contributed by atoms with Crippen LogP contribution < -0.4 is 11.1 Å². The van der Waals surface area contributed by atoms with E-state index in [1.807, 2.05) is 13.1 Å². The monoisotopic (exact) mass is 341 g/mol. The van der Waals surface area contributed by atoms with Crippen LogP contribution >= 0.6 is 36.2 Å². The second kappa shape index (κ2) is 8.79. The second-order valence-electron chi connectivity index (χ2n) is 4.69. The molecule has 1 amide bonds. The second-order valence-corrected chi connectivity index (χ2v) is 5.96. The number of nitrogens with one attached hydrogen (secondary N) is 1. The summed E-state index contributed by atoms with van der Waals surface area (Å²) in [5, 5.41) is 3.98. The van der Waals surface area contributed by atoms with Crippen molar-refractivity contribution in [1.29, 1.82) is 0 Å². The topological polar surface area (TPSA) is 77.2 Å². The molecule has 3 N–H and O–H groups in total. The Hall–Kier alpha value is -0.400. The molecule has 1 saturated carbocycles. The van der Waals surface area contributed by atoms with E-state index in [1.54, 1.807) is 11.3 Å². The number of rotatable bonds is 6. The van der Waals surface area contributed by atoms with Crippen molar-refractivity contribution in [3.8, 4) is 0 Å². The van der Waals surface area contributed by atoms with Crippen LogP contribution in [0.15, 0.2) is 6.20 Å². The largest absolute Gasteiger partial charge is 0.383 e. The van der Waals surface area contributed by atoms with E-state index < -0.39 is 6.04 Å². The number of methoxy groups -OCH3 is 1. The van der Waals surface area contributed by atoms with Gasteiger partial charge in [-0.3, -0.25) is 4.79 Å². The van der Waals surface area contributed by atoms with Crippen molar-refractivity contribution in [3.63, 3.8) is 0 Å². The van der Waals surface area contributed by atoms with Gasteiger partial charge in [0.25, 0.3) is 0 Å². The Morgan fingerprint density at radius 3 is 2.70 bits per heavy atom. The summed E-state index contributed by atoms with van der Waals surface area (Å²) in [6, 6.07) is -0.601. The van der Waals surface area contributed by atoms with E-state index in [1.165, 1.54) is 7.11 Å². The Labute approximate surface area is 135 Å². The van der Waals surface area contributed by atoms with Gasteiger partial charge in [0, 0.05) is 18.2 Å². The fraction of sp³-hybridized carbons (Fsp3) is 0.667. The van der Waals surface area contributed by atoms with Gasteiger partial charge in [0.1, 0.15) is 11.0 Å². The quantitative estimate of drug-likeness (QED) is 0.827. The SMILES string of the molecule is COCC(N)C(=O)NC(c1ncc(C)s1)C1CC1.Cl.Cl. The molecular weight excluding hydrogens is 321 g/mol. The van der Waals surface area contributed by atoms with Crippen LogP contribution in [-0.4, -0.2) is 30.6 Å². The molecule has 0 spiro atoms. The lowest BCUT2D eigenvalue weighted by atomic mass is 10.2. The molecule has 1 aromatic heterocycles. The predicted molar refractivity (Wildman–Crippen MR) is 84.8 cm³/mol. The summed E-state index contributed by atoms with van der Waals surface area (Å²) in [5.41, 5.74) is 5.73. The van der Waals surface area contributed by atoms with E-state index in [-0.39, 0.29) is 43.4 Å². The third kappa shape index (κ3) is 5.18. The predicted octanol–water partition coefficient (Wildman–Crippen LogP) is 1.84. The minimum atomic E-state index is -0.614. The first-order valence-corrected chi connectivity index (χ1v) is 6.90. The maximum Gasteiger partial charge on any atom is 0.239 e. The molecule has 1 aliphatic carbocycles. The first-order chi connectivity index (χ1) is 8.61. The van der Waals surface area contributed by atoms with Crippen molar-refractivity contribution in [2.75, 3.05) is 13.7 Å². The number of hydrogen-bond acceptors (Lipinski definition) is 5. The zero-order chi connectivity index (χ0) is 13.1. The van der Waals surface area contributed by atoms with Gasteiger partial charge < -0.3 is 15.8 Å². The molecule has 2 atom stereocenters. The minimum Gasteiger partial charge on any atom is -0.383 e. The number of aromatic nitrogens is 1. The van der Waals surface area contributed by atoms with E-state index in [2.05, 4.69) is 10.3 Å². The highest BCUT2D eigenvalue weighted by Crippen LogP contribution is 2.42. The van der Waals surface area contributed by atoms with Gasteiger partial charge in [-0.25, -0.2) is 4.98 Å². The van der Waals surface area contributed by atoms with Crippen LogP contribution in [0.5, 0.6) is 0 Å². The number of carbonyl (C=O) groups excluding carboxylic acids is 1. The number of ether oxygens (including phenoxy) is 1. The van der Waals surface area contributed by atoms with Crippen molar-refractivity contribution >= 4 is 42.1 Å². The molecule has 0 aromatic carbocycles. The Morgan fingerprint density at radius 1 is 1.60 bits per heavy atom. The van der Waals surface area contributed by atoms with Crippen molar-refractivity contribution in [2.45, 2.75) is 31.8 Å². The van der Waals surface area contributed by atoms with E-state index in [0.717, 1.165) is 22.7 Å². The summed E-state index contributed by atoms with van der Waals surface area (Å²) in [6.07, 6.45) is 4.13. The molecule has 1 fully saturated rings. The maximum absolute atomic E-state index is 11.9. The third-order valence-electron chi connectivity index (χ3n) is 2.98. The molecule has 2 rings (SSSR count). The van der Waals surface area contributed by atoms with Gasteiger partial charge in [-0.05, 0) is 25.7 Å². The Morgan fingerprint density at radius 2 is 2.25 bits per heavy atom. The normalized spacial score (nSPS) is 16.6. The molecule has 2 unspecified atom stereocenters. The molecule has 5 nitrogen and oxygen atoms in total. The fourth-order valence-electron chi connectivity index (χ4n) is 1.84. The molecule has 0 bridgehead atoms. The molecule has 1 aromatic rings. The van der Waals surface area contributed by atoms with Crippen molar-refractivity contribution in [3.05, 3.63) is 16.1 Å². The van der Waals surface area contributed by atoms with Gasteiger partial charge in [-0.15, -0.1) is 36.2 Å². The summed E-state index contributed by atoms with van der Waals surface area (Å²) in [6.45, 7) is 2.25. The summed E-state index contributed by atoms with van der Waals surface area (Å²) in [4.78, 5) is 17.4. The van der Waals surface area contributed by atoms with Crippen molar-refractivity contribution < 1.29 is 9.53 Å². The van der Waals surface area contributed by atoms with Crippen LogP contribution in [0.1, 0.15) is 28.8 Å². The number of halogens is 2. The highest BCUT2D eigenvalue weighted by molar-refractivity contribution is 7.11. The van der Waals surface area contributed by atoms with Gasteiger partial charge in [0.15, 0.2) is 0 Å². The molecule has 116 valence electrons. The van der Waals surface area contributed by atoms with Crippen LogP contribution in [0.3, 0.4) is 0 Å². The number of nitrogens with two attached hydrogens (primary N) is 1. The smallest absolute Gasteiger partial charge is 0.239 e. The molecular formula is C12H21Cl2N3O2S. The van der Waals surface area contributed by atoms with Gasteiger partial charge in [-0.2, -0.15) is 0 Å². The van der Waals surface area contributed by atoms with Crippen molar-refractivity contribution in [1.82, 2.24) is 10.3 Å². The number of nitrogens with zero attached hydrogens (tertiary/aromatic N) is 1. The van der Waals surface area contributed by atoms with E-state index in [4.69, 9.17) is 10.5 Å². The molecule has 0 aliphatic heterocycles. The number of thiazole rings is 1. The number of carbonyl (C=O) groups is 1.